The number of carboxylic acid groups (broad SMARTS) is 1. The van der Waals surface area contributed by atoms with Crippen molar-refractivity contribution in [3.8, 4) is 11.8 Å². The summed E-state index contributed by atoms with van der Waals surface area (Å²) in [5.41, 5.74) is 1.96. The molecule has 0 atom stereocenters. The number of halogens is 3. The minimum atomic E-state index is -1.06. The molecule has 0 aliphatic carbocycles. The van der Waals surface area contributed by atoms with Crippen LogP contribution in [0.5, 0.6) is 11.8 Å². The summed E-state index contributed by atoms with van der Waals surface area (Å²) < 4.78 is 33.3. The van der Waals surface area contributed by atoms with Crippen LogP contribution in [0.3, 0.4) is 0 Å². The Kier molecular flexibility index (Phi) is 5.56. The van der Waals surface area contributed by atoms with Crippen molar-refractivity contribution in [1.29, 1.82) is 0 Å². The highest BCUT2D eigenvalue weighted by atomic mass is 35.5. The number of nitrogens with one attached hydrogen (secondary N) is 1. The van der Waals surface area contributed by atoms with Crippen molar-refractivity contribution in [3.63, 3.8) is 0 Å². The number of fused-ring (bicyclic) bond motifs is 1. The number of rotatable bonds is 6. The second kappa shape index (κ2) is 8.31. The van der Waals surface area contributed by atoms with E-state index in [1.807, 2.05) is 0 Å². The highest BCUT2D eigenvalue weighted by Crippen LogP contribution is 2.27. The minimum Gasteiger partial charge on any atom is -0.478 e. The van der Waals surface area contributed by atoms with Gasteiger partial charge in [0.05, 0.1) is 21.8 Å². The van der Waals surface area contributed by atoms with Gasteiger partial charge in [-0.15, -0.1) is 0 Å². The van der Waals surface area contributed by atoms with E-state index in [1.54, 1.807) is 25.1 Å². The Bertz CT molecular complexity index is 1290. The summed E-state index contributed by atoms with van der Waals surface area (Å²) in [5.74, 6) is -2.00. The van der Waals surface area contributed by atoms with Crippen molar-refractivity contribution in [2.24, 2.45) is 0 Å². The van der Waals surface area contributed by atoms with E-state index in [1.165, 1.54) is 24.3 Å². The van der Waals surface area contributed by atoms with Gasteiger partial charge in [-0.3, -0.25) is 0 Å². The van der Waals surface area contributed by atoms with Crippen molar-refractivity contribution in [2.75, 3.05) is 0 Å². The number of aryl methyl sites for hydroxylation is 2. The lowest BCUT2D eigenvalue weighted by Crippen LogP contribution is -2.01. The maximum absolute atomic E-state index is 13.9. The SMILES string of the molecule is Cc1ccc(Oc2nc3nc(CCc4c(F)cccc4F)c(Cl)cc3[nH]2)cc1C(=O)O. The number of carbonyl (C=O) groups is 1. The molecule has 0 radical (unpaired) electrons. The lowest BCUT2D eigenvalue weighted by molar-refractivity contribution is 0.0695. The molecule has 4 aromatic rings. The molecule has 158 valence electrons. The van der Waals surface area contributed by atoms with Crippen LogP contribution in [0.25, 0.3) is 11.2 Å². The fourth-order valence-electron chi connectivity index (χ4n) is 3.18. The summed E-state index contributed by atoms with van der Waals surface area (Å²) in [6, 6.07) is 10.1. The first-order valence-corrected chi connectivity index (χ1v) is 9.69. The second-order valence-corrected chi connectivity index (χ2v) is 7.32. The molecule has 0 saturated heterocycles. The van der Waals surface area contributed by atoms with Gasteiger partial charge >= 0.3 is 12.0 Å². The number of benzene rings is 2. The maximum atomic E-state index is 13.9. The molecular weight excluding hydrogens is 428 g/mol. The van der Waals surface area contributed by atoms with Crippen LogP contribution in [0.1, 0.15) is 27.2 Å². The zero-order valence-electron chi connectivity index (χ0n) is 16.2. The summed E-state index contributed by atoms with van der Waals surface area (Å²) in [6.07, 6.45) is 0.307. The predicted octanol–water partition coefficient (Wildman–Crippen LogP) is 5.47. The number of H-pyrrole nitrogens is 1. The molecule has 9 heteroatoms. The smallest absolute Gasteiger partial charge is 0.336 e. The summed E-state index contributed by atoms with van der Waals surface area (Å²) in [7, 11) is 0. The van der Waals surface area contributed by atoms with Crippen molar-refractivity contribution in [3.05, 3.63) is 81.5 Å². The number of nitrogens with zero attached hydrogens (tertiary/aromatic N) is 2. The first-order valence-electron chi connectivity index (χ1n) is 9.31. The van der Waals surface area contributed by atoms with Crippen LogP contribution < -0.4 is 4.74 Å². The molecule has 0 bridgehead atoms. The van der Waals surface area contributed by atoms with Crippen LogP contribution in [0.4, 0.5) is 8.78 Å². The van der Waals surface area contributed by atoms with E-state index >= 15 is 0 Å². The monoisotopic (exact) mass is 443 g/mol. The zero-order chi connectivity index (χ0) is 22.1. The van der Waals surface area contributed by atoms with Crippen molar-refractivity contribution < 1.29 is 23.4 Å². The fourth-order valence-corrected chi connectivity index (χ4v) is 3.42. The predicted molar refractivity (Wildman–Crippen MR) is 111 cm³/mol. The number of carboxylic acids is 1. The third kappa shape index (κ3) is 4.34. The molecule has 2 heterocycles. The molecular formula is C22H16ClF2N3O3. The van der Waals surface area contributed by atoms with Gasteiger partial charge < -0.3 is 14.8 Å². The number of aromatic carboxylic acids is 1. The molecule has 0 fully saturated rings. The molecule has 2 aromatic carbocycles. The number of aromatic amines is 1. The molecule has 2 N–H and O–H groups in total. The molecule has 0 unspecified atom stereocenters. The largest absolute Gasteiger partial charge is 0.478 e. The third-order valence-corrected chi connectivity index (χ3v) is 5.13. The van der Waals surface area contributed by atoms with Gasteiger partial charge in [-0.1, -0.05) is 23.7 Å². The molecule has 0 spiro atoms. The Hall–Kier alpha value is -3.52. The van der Waals surface area contributed by atoms with Gasteiger partial charge in [-0.25, -0.2) is 18.6 Å². The molecule has 0 aliphatic heterocycles. The normalized spacial score (nSPS) is 11.1. The number of hydrogen-bond acceptors (Lipinski definition) is 4. The van der Waals surface area contributed by atoms with Gasteiger partial charge in [0.1, 0.15) is 17.4 Å². The minimum absolute atomic E-state index is 0.0277. The van der Waals surface area contributed by atoms with E-state index in [9.17, 15) is 18.7 Å². The Morgan fingerprint density at radius 1 is 1.13 bits per heavy atom. The first kappa shape index (κ1) is 20.7. The molecule has 6 nitrogen and oxygen atoms in total. The van der Waals surface area contributed by atoms with Gasteiger partial charge in [0.25, 0.3) is 0 Å². The standard InChI is InChI=1S/C22H16ClF2N3O3/c1-11-5-6-12(9-14(11)21(29)30)31-22-27-19-10-15(23)18(26-20(19)28-22)8-7-13-16(24)3-2-4-17(13)25/h2-6,9-10H,7-8H2,1H3,(H,29,30)(H,26,27,28). The number of hydrogen-bond donors (Lipinski definition) is 2. The highest BCUT2D eigenvalue weighted by molar-refractivity contribution is 6.31. The highest BCUT2D eigenvalue weighted by Gasteiger charge is 2.15. The Morgan fingerprint density at radius 3 is 2.58 bits per heavy atom. The summed E-state index contributed by atoms with van der Waals surface area (Å²) >= 11 is 6.29. The molecule has 2 aromatic heterocycles. The van der Waals surface area contributed by atoms with E-state index in [4.69, 9.17) is 16.3 Å². The molecule has 0 amide bonds. The lowest BCUT2D eigenvalue weighted by atomic mass is 10.1. The van der Waals surface area contributed by atoms with Crippen LogP contribution in [0, 0.1) is 18.6 Å². The van der Waals surface area contributed by atoms with E-state index in [2.05, 4.69) is 15.0 Å². The quantitative estimate of drug-likeness (QED) is 0.412. The lowest BCUT2D eigenvalue weighted by Gasteiger charge is -2.06. The third-order valence-electron chi connectivity index (χ3n) is 4.81. The van der Waals surface area contributed by atoms with Crippen LogP contribution in [-0.4, -0.2) is 26.0 Å². The Morgan fingerprint density at radius 2 is 1.87 bits per heavy atom. The van der Waals surface area contributed by atoms with E-state index in [-0.39, 0.29) is 30.0 Å². The fraction of sp³-hybridized carbons (Fsp3) is 0.136. The van der Waals surface area contributed by atoms with Gasteiger partial charge in [0, 0.05) is 5.56 Å². The van der Waals surface area contributed by atoms with Crippen LogP contribution >= 0.6 is 11.6 Å². The average Bonchev–Trinajstić information content (AvgIpc) is 3.09. The van der Waals surface area contributed by atoms with Gasteiger partial charge in [0.2, 0.25) is 0 Å². The number of ether oxygens (including phenoxy) is 1. The van der Waals surface area contributed by atoms with Gasteiger partial charge in [0.15, 0.2) is 5.65 Å². The van der Waals surface area contributed by atoms with E-state index in [0.717, 1.165) is 0 Å². The number of aromatic nitrogens is 3. The van der Waals surface area contributed by atoms with Crippen molar-refractivity contribution >= 4 is 28.7 Å². The molecule has 0 saturated carbocycles. The Balaban J connectivity index is 1.58. The summed E-state index contributed by atoms with van der Waals surface area (Å²) in [6.45, 7) is 1.69. The van der Waals surface area contributed by atoms with Gasteiger partial charge in [-0.2, -0.15) is 4.98 Å². The van der Waals surface area contributed by atoms with Crippen LogP contribution in [-0.2, 0) is 12.8 Å². The van der Waals surface area contributed by atoms with Crippen LogP contribution in [0.15, 0.2) is 42.5 Å². The molecule has 0 aliphatic rings. The molecule has 31 heavy (non-hydrogen) atoms. The van der Waals surface area contributed by atoms with Crippen LogP contribution in [0.2, 0.25) is 5.02 Å². The zero-order valence-corrected chi connectivity index (χ0v) is 17.0. The number of pyridine rings is 1. The first-order chi connectivity index (χ1) is 14.8. The summed E-state index contributed by atoms with van der Waals surface area (Å²) in [4.78, 5) is 22.8. The Labute approximate surface area is 180 Å². The van der Waals surface area contributed by atoms with Crippen molar-refractivity contribution in [1.82, 2.24) is 15.0 Å². The van der Waals surface area contributed by atoms with Crippen molar-refractivity contribution in [2.45, 2.75) is 19.8 Å². The maximum Gasteiger partial charge on any atom is 0.336 e. The molecule has 4 rings (SSSR count). The topological polar surface area (TPSA) is 88.1 Å². The van der Waals surface area contributed by atoms with E-state index in [0.29, 0.717) is 33.2 Å². The van der Waals surface area contributed by atoms with E-state index < -0.39 is 17.6 Å². The van der Waals surface area contributed by atoms with Gasteiger partial charge in [-0.05, 0) is 55.7 Å². The average molecular weight is 444 g/mol. The number of imidazole rings is 1. The second-order valence-electron chi connectivity index (χ2n) is 6.91. The summed E-state index contributed by atoms with van der Waals surface area (Å²) in [5, 5.41) is 9.57.